The second-order valence-electron chi connectivity index (χ2n) is 7.05. The molecule has 0 fully saturated rings. The zero-order valence-electron chi connectivity index (χ0n) is 15.3. The van der Waals surface area contributed by atoms with E-state index in [1.165, 1.54) is 4.90 Å². The summed E-state index contributed by atoms with van der Waals surface area (Å²) in [6, 6.07) is 27.0. The standard InChI is InChI=1S/C25H17NO2/c1-16-8-7-12-19(14-16)26-24(27)21-15-18-11-5-6-13-20(18)22(23(21)25(26)28)17-9-3-2-4-10-17/h2-15H,1H3. The molecule has 0 N–H and O–H groups in total. The second-order valence-corrected chi connectivity index (χ2v) is 7.05. The molecule has 0 aliphatic carbocycles. The number of aryl methyl sites for hydroxylation is 1. The van der Waals surface area contributed by atoms with Crippen LogP contribution in [0.15, 0.2) is 84.9 Å². The van der Waals surface area contributed by atoms with Crippen molar-refractivity contribution in [2.75, 3.05) is 4.90 Å². The summed E-state index contributed by atoms with van der Waals surface area (Å²) in [4.78, 5) is 28.0. The number of rotatable bonds is 2. The van der Waals surface area contributed by atoms with E-state index in [1.54, 1.807) is 6.07 Å². The fraction of sp³-hybridized carbons (Fsp3) is 0.0400. The van der Waals surface area contributed by atoms with Gasteiger partial charge >= 0.3 is 0 Å². The van der Waals surface area contributed by atoms with Crippen molar-refractivity contribution in [1.82, 2.24) is 0 Å². The van der Waals surface area contributed by atoms with E-state index in [2.05, 4.69) is 0 Å². The van der Waals surface area contributed by atoms with Crippen molar-refractivity contribution in [3.05, 3.63) is 102 Å². The SMILES string of the molecule is Cc1cccc(N2C(=O)c3cc4ccccc4c(-c4ccccc4)c3C2=O)c1. The second kappa shape index (κ2) is 6.17. The van der Waals surface area contributed by atoms with Crippen molar-refractivity contribution in [1.29, 1.82) is 0 Å². The third-order valence-corrected chi connectivity index (χ3v) is 5.22. The largest absolute Gasteiger partial charge is 0.268 e. The summed E-state index contributed by atoms with van der Waals surface area (Å²) in [5.41, 5.74) is 4.31. The number of hydrogen-bond acceptors (Lipinski definition) is 2. The highest BCUT2D eigenvalue weighted by atomic mass is 16.2. The lowest BCUT2D eigenvalue weighted by Gasteiger charge is -2.15. The van der Waals surface area contributed by atoms with E-state index in [9.17, 15) is 9.59 Å². The molecule has 4 aromatic rings. The molecule has 4 aromatic carbocycles. The molecular formula is C25H17NO2. The number of fused-ring (bicyclic) bond motifs is 2. The zero-order chi connectivity index (χ0) is 19.3. The molecule has 5 rings (SSSR count). The number of imide groups is 1. The van der Waals surface area contributed by atoms with Gasteiger partial charge in [0, 0.05) is 5.56 Å². The summed E-state index contributed by atoms with van der Waals surface area (Å²) in [5, 5.41) is 1.92. The van der Waals surface area contributed by atoms with Crippen LogP contribution in [0.5, 0.6) is 0 Å². The van der Waals surface area contributed by atoms with E-state index >= 15 is 0 Å². The third kappa shape index (κ3) is 2.37. The van der Waals surface area contributed by atoms with Crippen LogP contribution in [-0.2, 0) is 0 Å². The van der Waals surface area contributed by atoms with Crippen LogP contribution in [0.4, 0.5) is 5.69 Å². The van der Waals surface area contributed by atoms with Gasteiger partial charge in [0.15, 0.2) is 0 Å². The molecule has 0 bridgehead atoms. The average molecular weight is 363 g/mol. The first-order valence-electron chi connectivity index (χ1n) is 9.22. The Hall–Kier alpha value is -3.72. The van der Waals surface area contributed by atoms with Gasteiger partial charge in [-0.3, -0.25) is 9.59 Å². The molecule has 3 heteroatoms. The van der Waals surface area contributed by atoms with E-state index in [1.807, 2.05) is 85.8 Å². The molecule has 0 radical (unpaired) electrons. The van der Waals surface area contributed by atoms with E-state index in [-0.39, 0.29) is 11.8 Å². The molecule has 0 atom stereocenters. The van der Waals surface area contributed by atoms with Crippen LogP contribution in [0.2, 0.25) is 0 Å². The Kier molecular flexibility index (Phi) is 3.63. The topological polar surface area (TPSA) is 37.4 Å². The van der Waals surface area contributed by atoms with Crippen molar-refractivity contribution < 1.29 is 9.59 Å². The summed E-state index contributed by atoms with van der Waals surface area (Å²) < 4.78 is 0. The molecule has 0 saturated heterocycles. The maximum atomic E-state index is 13.5. The number of amides is 2. The highest BCUT2D eigenvalue weighted by Gasteiger charge is 2.39. The van der Waals surface area contributed by atoms with Gasteiger partial charge in [-0.15, -0.1) is 0 Å². The van der Waals surface area contributed by atoms with Crippen molar-refractivity contribution in [2.45, 2.75) is 6.92 Å². The van der Waals surface area contributed by atoms with Crippen LogP contribution in [0.1, 0.15) is 26.3 Å². The highest BCUT2D eigenvalue weighted by Crippen LogP contribution is 2.40. The summed E-state index contributed by atoms with van der Waals surface area (Å²) in [6.07, 6.45) is 0. The van der Waals surface area contributed by atoms with Crippen molar-refractivity contribution in [2.24, 2.45) is 0 Å². The maximum absolute atomic E-state index is 13.5. The Labute approximate surface area is 162 Å². The predicted octanol–water partition coefficient (Wildman–Crippen LogP) is 5.62. The van der Waals surface area contributed by atoms with Crippen LogP contribution in [0.3, 0.4) is 0 Å². The molecule has 0 spiro atoms. The number of hydrogen-bond donors (Lipinski definition) is 0. The number of anilines is 1. The molecule has 1 aliphatic heterocycles. The highest BCUT2D eigenvalue weighted by molar-refractivity contribution is 6.37. The zero-order valence-corrected chi connectivity index (χ0v) is 15.3. The minimum absolute atomic E-state index is 0.268. The Morgan fingerprint density at radius 1 is 0.679 bits per heavy atom. The Morgan fingerprint density at radius 2 is 1.43 bits per heavy atom. The predicted molar refractivity (Wildman–Crippen MR) is 112 cm³/mol. The number of carbonyl (C=O) groups excluding carboxylic acids is 2. The maximum Gasteiger partial charge on any atom is 0.266 e. The van der Waals surface area contributed by atoms with E-state index < -0.39 is 0 Å². The Bertz CT molecular complexity index is 1260. The third-order valence-electron chi connectivity index (χ3n) is 5.22. The molecule has 0 saturated carbocycles. The number of benzene rings is 4. The minimum atomic E-state index is -0.270. The molecule has 1 heterocycles. The first kappa shape index (κ1) is 16.5. The molecule has 3 nitrogen and oxygen atoms in total. The number of carbonyl (C=O) groups is 2. The lowest BCUT2D eigenvalue weighted by atomic mass is 9.90. The average Bonchev–Trinajstić information content (AvgIpc) is 2.97. The lowest BCUT2D eigenvalue weighted by molar-refractivity contribution is 0.0926. The van der Waals surface area contributed by atoms with Gasteiger partial charge in [-0.05, 0) is 47.0 Å². The Morgan fingerprint density at radius 3 is 2.21 bits per heavy atom. The van der Waals surface area contributed by atoms with E-state index in [0.717, 1.165) is 27.5 Å². The quantitative estimate of drug-likeness (QED) is 0.434. The smallest absolute Gasteiger partial charge is 0.266 e. The summed E-state index contributed by atoms with van der Waals surface area (Å²) in [7, 11) is 0. The van der Waals surface area contributed by atoms with Crippen molar-refractivity contribution >= 4 is 28.3 Å². The molecule has 0 unspecified atom stereocenters. The van der Waals surface area contributed by atoms with Crippen LogP contribution in [0, 0.1) is 6.92 Å². The van der Waals surface area contributed by atoms with Gasteiger partial charge < -0.3 is 0 Å². The first-order chi connectivity index (χ1) is 13.6. The van der Waals surface area contributed by atoms with Gasteiger partial charge in [-0.25, -0.2) is 4.90 Å². The molecule has 134 valence electrons. The lowest BCUT2D eigenvalue weighted by Crippen LogP contribution is -2.29. The monoisotopic (exact) mass is 363 g/mol. The first-order valence-corrected chi connectivity index (χ1v) is 9.22. The molecule has 28 heavy (non-hydrogen) atoms. The minimum Gasteiger partial charge on any atom is -0.268 e. The normalized spacial score (nSPS) is 13.2. The van der Waals surface area contributed by atoms with Gasteiger partial charge in [-0.1, -0.05) is 66.7 Å². The van der Waals surface area contributed by atoms with Gasteiger partial charge in [0.25, 0.3) is 11.8 Å². The van der Waals surface area contributed by atoms with E-state index in [4.69, 9.17) is 0 Å². The molecule has 1 aliphatic rings. The summed E-state index contributed by atoms with van der Waals surface area (Å²) in [5.74, 6) is -0.538. The van der Waals surface area contributed by atoms with Gasteiger partial charge in [0.2, 0.25) is 0 Å². The van der Waals surface area contributed by atoms with Gasteiger partial charge in [0.1, 0.15) is 0 Å². The Balaban J connectivity index is 1.82. The van der Waals surface area contributed by atoms with Crippen molar-refractivity contribution in [3.8, 4) is 11.1 Å². The summed E-state index contributed by atoms with van der Waals surface area (Å²) in [6.45, 7) is 1.95. The fourth-order valence-electron chi connectivity index (χ4n) is 3.97. The van der Waals surface area contributed by atoms with Gasteiger partial charge in [-0.2, -0.15) is 0 Å². The van der Waals surface area contributed by atoms with Crippen LogP contribution in [-0.4, -0.2) is 11.8 Å². The number of nitrogens with zero attached hydrogens (tertiary/aromatic N) is 1. The van der Waals surface area contributed by atoms with Crippen LogP contribution < -0.4 is 4.90 Å². The van der Waals surface area contributed by atoms with Gasteiger partial charge in [0.05, 0.1) is 16.8 Å². The summed E-state index contributed by atoms with van der Waals surface area (Å²) >= 11 is 0. The molecular weight excluding hydrogens is 346 g/mol. The van der Waals surface area contributed by atoms with E-state index in [0.29, 0.717) is 16.8 Å². The van der Waals surface area contributed by atoms with Crippen LogP contribution in [0.25, 0.3) is 21.9 Å². The van der Waals surface area contributed by atoms with Crippen LogP contribution >= 0.6 is 0 Å². The molecule has 2 amide bonds. The fourth-order valence-corrected chi connectivity index (χ4v) is 3.97. The molecule has 0 aromatic heterocycles. The van der Waals surface area contributed by atoms with Crippen molar-refractivity contribution in [3.63, 3.8) is 0 Å².